The molecule has 1 amide bonds. The molecule has 2 aromatic heterocycles. The Labute approximate surface area is 212 Å². The molecule has 3 aromatic rings. The fourth-order valence-corrected chi connectivity index (χ4v) is 5.46. The molecule has 2 aliphatic heterocycles. The van der Waals surface area contributed by atoms with Crippen LogP contribution in [0.1, 0.15) is 59.3 Å². The van der Waals surface area contributed by atoms with E-state index in [-0.39, 0.29) is 11.9 Å². The minimum atomic E-state index is -0.0398. The van der Waals surface area contributed by atoms with Gasteiger partial charge in [-0.3, -0.25) is 14.8 Å². The number of H-pyrrole nitrogens is 1. The first kappa shape index (κ1) is 24.2. The summed E-state index contributed by atoms with van der Waals surface area (Å²) in [5.41, 5.74) is 5.84. The Kier molecular flexibility index (Phi) is 6.91. The van der Waals surface area contributed by atoms with E-state index < -0.39 is 0 Å². The smallest absolute Gasteiger partial charge is 0.238 e. The minimum absolute atomic E-state index is 0.0290. The lowest BCUT2D eigenvalue weighted by molar-refractivity contribution is -0.117. The van der Waals surface area contributed by atoms with Crippen molar-refractivity contribution in [2.24, 2.45) is 0 Å². The van der Waals surface area contributed by atoms with Crippen molar-refractivity contribution in [3.63, 3.8) is 0 Å². The van der Waals surface area contributed by atoms with Crippen molar-refractivity contribution in [1.82, 2.24) is 25.1 Å². The first-order valence-corrected chi connectivity index (χ1v) is 12.7. The van der Waals surface area contributed by atoms with Crippen molar-refractivity contribution in [3.05, 3.63) is 58.3 Å². The molecule has 1 atom stereocenters. The van der Waals surface area contributed by atoms with Crippen molar-refractivity contribution in [1.29, 1.82) is 0 Å². The van der Waals surface area contributed by atoms with Crippen LogP contribution in [0.2, 0.25) is 0 Å². The predicted molar refractivity (Wildman–Crippen MR) is 139 cm³/mol. The lowest BCUT2D eigenvalue weighted by Gasteiger charge is -2.32. The van der Waals surface area contributed by atoms with E-state index in [9.17, 15) is 4.79 Å². The largest absolute Gasteiger partial charge is 0.496 e. The second-order valence-electron chi connectivity index (χ2n) is 9.79. The number of likely N-dealkylation sites (tertiary alicyclic amines) is 1. The number of amides is 1. The van der Waals surface area contributed by atoms with Crippen LogP contribution in [0.25, 0.3) is 0 Å². The van der Waals surface area contributed by atoms with Gasteiger partial charge in [0.05, 0.1) is 36.8 Å². The standard InChI is InChI=1S/C27H35N7O2/c1-17-21-10-7-14-34(15-20-9-5-6-12-23(20)36-4)27(21)30-26(28-17)22-11-8-13-33(22)16-24(35)29-25-18(2)31-32-19(25)3/h5-6,9,12,22H,7-8,10-11,13-16H2,1-4H3,(H,29,35)(H,31,32). The van der Waals surface area contributed by atoms with Crippen LogP contribution < -0.4 is 15.0 Å². The molecule has 0 bridgehead atoms. The molecule has 9 heteroatoms. The molecule has 0 saturated carbocycles. The van der Waals surface area contributed by atoms with E-state index in [2.05, 4.69) is 38.3 Å². The number of benzene rings is 1. The number of methoxy groups -OCH3 is 1. The van der Waals surface area contributed by atoms with Crippen molar-refractivity contribution < 1.29 is 9.53 Å². The molecule has 1 unspecified atom stereocenters. The monoisotopic (exact) mass is 489 g/mol. The predicted octanol–water partition coefficient (Wildman–Crippen LogP) is 3.86. The summed E-state index contributed by atoms with van der Waals surface area (Å²) in [6.45, 7) is 8.74. The van der Waals surface area contributed by atoms with Crippen LogP contribution in [0.5, 0.6) is 5.75 Å². The number of aryl methyl sites for hydroxylation is 3. The van der Waals surface area contributed by atoms with E-state index >= 15 is 0 Å². The average molecular weight is 490 g/mol. The highest BCUT2D eigenvalue weighted by Gasteiger charge is 2.32. The van der Waals surface area contributed by atoms with Gasteiger partial charge in [0.2, 0.25) is 5.91 Å². The Morgan fingerprint density at radius 3 is 2.75 bits per heavy atom. The van der Waals surface area contributed by atoms with Crippen LogP contribution in [0.4, 0.5) is 11.5 Å². The topological polar surface area (TPSA) is 99.3 Å². The minimum Gasteiger partial charge on any atom is -0.496 e. The normalized spacial score (nSPS) is 17.8. The highest BCUT2D eigenvalue weighted by Crippen LogP contribution is 2.35. The number of ether oxygens (including phenoxy) is 1. The molecule has 1 aromatic carbocycles. The summed E-state index contributed by atoms with van der Waals surface area (Å²) in [4.78, 5) is 27.6. The van der Waals surface area contributed by atoms with Gasteiger partial charge in [0.25, 0.3) is 0 Å². The van der Waals surface area contributed by atoms with Crippen molar-refractivity contribution in [2.75, 3.05) is 37.0 Å². The number of rotatable bonds is 7. The Morgan fingerprint density at radius 2 is 1.97 bits per heavy atom. The van der Waals surface area contributed by atoms with Gasteiger partial charge in [-0.05, 0) is 59.1 Å². The molecular weight excluding hydrogens is 454 g/mol. The number of anilines is 2. The average Bonchev–Trinajstić information content (AvgIpc) is 3.46. The van der Waals surface area contributed by atoms with Gasteiger partial charge < -0.3 is 15.0 Å². The van der Waals surface area contributed by atoms with Gasteiger partial charge in [-0.25, -0.2) is 9.97 Å². The second kappa shape index (κ2) is 10.3. The van der Waals surface area contributed by atoms with Crippen molar-refractivity contribution >= 4 is 17.4 Å². The van der Waals surface area contributed by atoms with Gasteiger partial charge in [0.1, 0.15) is 17.4 Å². The van der Waals surface area contributed by atoms with Gasteiger partial charge >= 0.3 is 0 Å². The first-order valence-electron chi connectivity index (χ1n) is 12.7. The maximum Gasteiger partial charge on any atom is 0.238 e. The summed E-state index contributed by atoms with van der Waals surface area (Å²) >= 11 is 0. The molecule has 0 spiro atoms. The van der Waals surface area contributed by atoms with E-state index in [0.717, 1.165) is 91.0 Å². The molecule has 190 valence electrons. The zero-order chi connectivity index (χ0) is 25.2. The molecule has 1 fully saturated rings. The maximum atomic E-state index is 12.9. The number of hydrogen-bond acceptors (Lipinski definition) is 7. The maximum absolute atomic E-state index is 12.9. The molecule has 0 aliphatic carbocycles. The number of para-hydroxylation sites is 1. The van der Waals surface area contributed by atoms with E-state index in [0.29, 0.717) is 6.54 Å². The SMILES string of the molecule is COc1ccccc1CN1CCCc2c(C)nc(C3CCCN3CC(=O)Nc3c(C)n[nH]c3C)nc21. The number of carbonyl (C=O) groups is 1. The second-order valence-corrected chi connectivity index (χ2v) is 9.79. The third-order valence-corrected chi connectivity index (χ3v) is 7.32. The van der Waals surface area contributed by atoms with Gasteiger partial charge in [0, 0.05) is 29.9 Å². The summed E-state index contributed by atoms with van der Waals surface area (Å²) < 4.78 is 5.60. The number of carbonyl (C=O) groups excluding carboxylic acids is 1. The third-order valence-electron chi connectivity index (χ3n) is 7.32. The van der Waals surface area contributed by atoms with E-state index in [4.69, 9.17) is 14.7 Å². The Morgan fingerprint density at radius 1 is 1.14 bits per heavy atom. The van der Waals surface area contributed by atoms with Gasteiger partial charge in [0.15, 0.2) is 0 Å². The summed E-state index contributed by atoms with van der Waals surface area (Å²) in [5, 5.41) is 10.1. The zero-order valence-electron chi connectivity index (χ0n) is 21.6. The fourth-order valence-electron chi connectivity index (χ4n) is 5.46. The van der Waals surface area contributed by atoms with Crippen LogP contribution in [0.15, 0.2) is 24.3 Å². The molecule has 0 radical (unpaired) electrons. The fraction of sp³-hybridized carbons (Fsp3) is 0.481. The Balaban J connectivity index is 1.37. The summed E-state index contributed by atoms with van der Waals surface area (Å²) in [6, 6.07) is 8.19. The molecule has 4 heterocycles. The van der Waals surface area contributed by atoms with E-state index in [1.54, 1.807) is 7.11 Å². The Hall–Kier alpha value is -3.46. The van der Waals surface area contributed by atoms with Gasteiger partial charge in [-0.15, -0.1) is 0 Å². The lowest BCUT2D eigenvalue weighted by Crippen LogP contribution is -2.35. The van der Waals surface area contributed by atoms with Gasteiger partial charge in [-0.1, -0.05) is 18.2 Å². The first-order chi connectivity index (χ1) is 17.4. The van der Waals surface area contributed by atoms with Crippen LogP contribution >= 0.6 is 0 Å². The summed E-state index contributed by atoms with van der Waals surface area (Å²) in [5.74, 6) is 2.70. The van der Waals surface area contributed by atoms with Crippen molar-refractivity contribution in [3.8, 4) is 5.75 Å². The third kappa shape index (κ3) is 4.80. The quantitative estimate of drug-likeness (QED) is 0.520. The molecular formula is C27H35N7O2. The highest BCUT2D eigenvalue weighted by molar-refractivity contribution is 5.93. The van der Waals surface area contributed by atoms with Crippen LogP contribution in [-0.2, 0) is 17.8 Å². The number of hydrogen-bond donors (Lipinski definition) is 2. The van der Waals surface area contributed by atoms with Crippen LogP contribution in [-0.4, -0.2) is 57.7 Å². The molecule has 5 rings (SSSR count). The van der Waals surface area contributed by atoms with Crippen molar-refractivity contribution in [2.45, 2.75) is 59.0 Å². The molecule has 2 aliphatic rings. The number of nitrogens with one attached hydrogen (secondary N) is 2. The summed E-state index contributed by atoms with van der Waals surface area (Å²) in [7, 11) is 1.72. The zero-order valence-corrected chi connectivity index (χ0v) is 21.6. The Bertz CT molecular complexity index is 1240. The van der Waals surface area contributed by atoms with E-state index in [1.807, 2.05) is 32.0 Å². The molecule has 1 saturated heterocycles. The molecule has 9 nitrogen and oxygen atoms in total. The number of aromatic amines is 1. The highest BCUT2D eigenvalue weighted by atomic mass is 16.5. The lowest BCUT2D eigenvalue weighted by atomic mass is 10.0. The van der Waals surface area contributed by atoms with Crippen LogP contribution in [0, 0.1) is 20.8 Å². The number of nitrogens with zero attached hydrogens (tertiary/aromatic N) is 5. The molecule has 36 heavy (non-hydrogen) atoms. The van der Waals surface area contributed by atoms with E-state index in [1.165, 1.54) is 5.56 Å². The van der Waals surface area contributed by atoms with Crippen LogP contribution in [0.3, 0.4) is 0 Å². The summed E-state index contributed by atoms with van der Waals surface area (Å²) in [6.07, 6.45) is 4.03. The number of fused-ring (bicyclic) bond motifs is 1. The molecule has 2 N–H and O–H groups in total. The van der Waals surface area contributed by atoms with Gasteiger partial charge in [-0.2, -0.15) is 5.10 Å². The number of aromatic nitrogens is 4.